The van der Waals surface area contributed by atoms with Crippen LogP contribution in [0.25, 0.3) is 17.2 Å². The quantitative estimate of drug-likeness (QED) is 0.365. The summed E-state index contributed by atoms with van der Waals surface area (Å²) in [6.07, 6.45) is 5.78. The Morgan fingerprint density at radius 3 is 2.31 bits per heavy atom. The van der Waals surface area contributed by atoms with Gasteiger partial charge in [0.25, 0.3) is 0 Å². The molecule has 0 amide bonds. The molecule has 0 heterocycles. The molecule has 0 nitrogen and oxygen atoms in total. The van der Waals surface area contributed by atoms with Gasteiger partial charge in [-0.25, -0.2) is 0 Å². The van der Waals surface area contributed by atoms with Crippen molar-refractivity contribution in [3.63, 3.8) is 0 Å². The van der Waals surface area contributed by atoms with Gasteiger partial charge in [0, 0.05) is 32.1 Å². The van der Waals surface area contributed by atoms with Crippen molar-refractivity contribution in [1.82, 2.24) is 0 Å². The minimum absolute atomic E-state index is 0. The summed E-state index contributed by atoms with van der Waals surface area (Å²) in [5.74, 6) is 0.525. The molecule has 26 heavy (non-hydrogen) atoms. The molecule has 1 atom stereocenters. The fourth-order valence-electron chi connectivity index (χ4n) is 4.72. The topological polar surface area (TPSA) is 0 Å². The molecule has 0 aromatic heterocycles. The van der Waals surface area contributed by atoms with E-state index in [1.165, 1.54) is 33.4 Å². The number of benzene rings is 3. The predicted molar refractivity (Wildman–Crippen MR) is 106 cm³/mol. The van der Waals surface area contributed by atoms with Gasteiger partial charge in [-0.2, -0.15) is 0 Å². The van der Waals surface area contributed by atoms with Crippen molar-refractivity contribution in [1.29, 1.82) is 0 Å². The predicted octanol–water partition coefficient (Wildman–Crippen LogP) is 6.39. The summed E-state index contributed by atoms with van der Waals surface area (Å²) < 4.78 is 0. The molecule has 0 bridgehead atoms. The minimum atomic E-state index is 0. The molecule has 0 aliphatic heterocycles. The first-order valence-corrected chi connectivity index (χ1v) is 9.33. The Kier molecular flexibility index (Phi) is 4.85. The molecule has 0 fully saturated rings. The first-order valence-electron chi connectivity index (χ1n) is 9.33. The minimum Gasteiger partial charge on any atom is -0.0645 e. The summed E-state index contributed by atoms with van der Waals surface area (Å²) in [5.41, 5.74) is 11.9. The zero-order valence-corrected chi connectivity index (χ0v) is 17.6. The van der Waals surface area contributed by atoms with Gasteiger partial charge in [0.05, 0.1) is 0 Å². The van der Waals surface area contributed by atoms with Gasteiger partial charge >= 0.3 is 0 Å². The molecule has 0 radical (unpaired) electrons. The molecule has 2 aliphatic carbocycles. The monoisotopic (exact) mass is 412 g/mol. The summed E-state index contributed by atoms with van der Waals surface area (Å²) in [5, 5.41) is 0. The van der Waals surface area contributed by atoms with Crippen molar-refractivity contribution in [2.24, 2.45) is 0 Å². The van der Waals surface area contributed by atoms with Crippen molar-refractivity contribution in [2.45, 2.75) is 32.1 Å². The first-order chi connectivity index (χ1) is 12.3. The van der Waals surface area contributed by atoms with Gasteiger partial charge in [-0.05, 0) is 58.2 Å². The fraction of sp³-hybridized carbons (Fsp3) is 0.200. The Balaban J connectivity index is 0.00000168. The molecule has 3 aromatic rings. The van der Waals surface area contributed by atoms with E-state index >= 15 is 0 Å². The molecule has 0 N–H and O–H groups in total. The van der Waals surface area contributed by atoms with Crippen LogP contribution in [-0.2, 0) is 39.0 Å². The maximum atomic E-state index is 2.44. The molecule has 1 heteroatoms. The normalized spacial score (nSPS) is 14.7. The van der Waals surface area contributed by atoms with Crippen LogP contribution in [0.3, 0.4) is 0 Å². The van der Waals surface area contributed by atoms with Crippen molar-refractivity contribution in [3.8, 4) is 11.1 Å². The third kappa shape index (κ3) is 2.78. The first kappa shape index (κ1) is 17.7. The number of hydrogen-bond acceptors (Lipinski definition) is 0. The zero-order chi connectivity index (χ0) is 16.8. The van der Waals surface area contributed by atoms with E-state index in [9.17, 15) is 0 Å². The zero-order valence-electron chi connectivity index (χ0n) is 15.1. The van der Waals surface area contributed by atoms with Crippen LogP contribution < -0.4 is 0 Å². The van der Waals surface area contributed by atoms with E-state index in [0.29, 0.717) is 5.92 Å². The molecule has 0 saturated heterocycles. The smallest absolute Gasteiger partial charge is 0.00552 e. The summed E-state index contributed by atoms with van der Waals surface area (Å²) in [6, 6.07) is 24.6. The Morgan fingerprint density at radius 1 is 0.769 bits per heavy atom. The second-order valence-electron chi connectivity index (χ2n) is 7.26. The Labute approximate surface area is 175 Å². The van der Waals surface area contributed by atoms with Crippen LogP contribution in [0.2, 0.25) is 0 Å². The van der Waals surface area contributed by atoms with E-state index in [1.54, 1.807) is 11.1 Å². The second-order valence-corrected chi connectivity index (χ2v) is 7.26. The molecular formula is C25H22Zr. The van der Waals surface area contributed by atoms with Crippen LogP contribution in [-0.4, -0.2) is 0 Å². The summed E-state index contributed by atoms with van der Waals surface area (Å²) in [6.45, 7) is 2.33. The van der Waals surface area contributed by atoms with Gasteiger partial charge in [0.2, 0.25) is 0 Å². The van der Waals surface area contributed by atoms with Crippen molar-refractivity contribution in [2.75, 3.05) is 0 Å². The largest absolute Gasteiger partial charge is 0.0645 e. The fourth-order valence-corrected chi connectivity index (χ4v) is 4.72. The maximum Gasteiger partial charge on any atom is 0.00552 e. The third-order valence-electron chi connectivity index (χ3n) is 5.91. The number of fused-ring (bicyclic) bond motifs is 4. The Hall–Kier alpha value is -1.72. The third-order valence-corrected chi connectivity index (χ3v) is 5.91. The van der Waals surface area contributed by atoms with Crippen LogP contribution in [0.4, 0.5) is 0 Å². The van der Waals surface area contributed by atoms with E-state index in [2.05, 4.69) is 79.7 Å². The molecule has 0 saturated carbocycles. The van der Waals surface area contributed by atoms with E-state index in [1.807, 2.05) is 0 Å². The van der Waals surface area contributed by atoms with Crippen LogP contribution in [0.5, 0.6) is 0 Å². The van der Waals surface area contributed by atoms with Crippen molar-refractivity contribution < 1.29 is 26.2 Å². The van der Waals surface area contributed by atoms with Gasteiger partial charge in [-0.15, -0.1) is 0 Å². The van der Waals surface area contributed by atoms with Crippen molar-refractivity contribution in [3.05, 3.63) is 100 Å². The SMILES string of the molecule is CCC(C1=Cc2ccccc2C1)c1cccc2c1Cc1ccccc1-2.[Zr]. The molecule has 2 aliphatic rings. The number of allylic oxidation sites excluding steroid dienone is 1. The maximum absolute atomic E-state index is 2.44. The molecular weight excluding hydrogens is 391 g/mol. The molecule has 3 aromatic carbocycles. The average molecular weight is 414 g/mol. The van der Waals surface area contributed by atoms with Gasteiger partial charge in [-0.1, -0.05) is 85.3 Å². The molecule has 126 valence electrons. The molecule has 0 spiro atoms. The number of rotatable bonds is 3. The standard InChI is InChI=1S/C25H22.Zr/c1-2-21(20-14-17-8-3-4-9-18(17)15-20)23-12-7-13-24-22-11-6-5-10-19(22)16-25(23)24;/h3-14,21H,2,15-16H2,1H3;. The van der Waals surface area contributed by atoms with Gasteiger partial charge in [0.15, 0.2) is 0 Å². The summed E-state index contributed by atoms with van der Waals surface area (Å²) in [4.78, 5) is 0. The van der Waals surface area contributed by atoms with Crippen LogP contribution in [0.15, 0.2) is 72.3 Å². The summed E-state index contributed by atoms with van der Waals surface area (Å²) in [7, 11) is 0. The van der Waals surface area contributed by atoms with Crippen LogP contribution >= 0.6 is 0 Å². The van der Waals surface area contributed by atoms with E-state index < -0.39 is 0 Å². The number of hydrogen-bond donors (Lipinski definition) is 0. The Morgan fingerprint density at radius 2 is 1.50 bits per heavy atom. The molecule has 1 unspecified atom stereocenters. The second kappa shape index (κ2) is 7.12. The Bertz CT molecular complexity index is 997. The van der Waals surface area contributed by atoms with Crippen molar-refractivity contribution >= 4 is 6.08 Å². The van der Waals surface area contributed by atoms with E-state index in [4.69, 9.17) is 0 Å². The van der Waals surface area contributed by atoms with Crippen LogP contribution in [0.1, 0.15) is 47.1 Å². The molecule has 5 rings (SSSR count). The van der Waals surface area contributed by atoms with Gasteiger partial charge in [-0.3, -0.25) is 0 Å². The van der Waals surface area contributed by atoms with Gasteiger partial charge < -0.3 is 0 Å². The van der Waals surface area contributed by atoms with Gasteiger partial charge in [0.1, 0.15) is 0 Å². The average Bonchev–Trinajstić information content (AvgIpc) is 3.24. The van der Waals surface area contributed by atoms with Crippen LogP contribution in [0, 0.1) is 0 Å². The summed E-state index contributed by atoms with van der Waals surface area (Å²) >= 11 is 0. The van der Waals surface area contributed by atoms with E-state index in [0.717, 1.165) is 19.3 Å². The van der Waals surface area contributed by atoms with E-state index in [-0.39, 0.29) is 26.2 Å².